The van der Waals surface area contributed by atoms with Crippen molar-refractivity contribution in [3.8, 4) is 0 Å². The summed E-state index contributed by atoms with van der Waals surface area (Å²) in [4.78, 5) is 32.6. The van der Waals surface area contributed by atoms with Crippen molar-refractivity contribution in [2.24, 2.45) is 0 Å². The standard InChI is InChI=1S/C13H14N2O6/c1-2-11(16)20-7-10-12(21-13(17)14-10)8-3-5-9(6-4-8)15(18)19/h3-6,10,12H,2,7H2,1H3,(H,14,17)/t10-,12-/m1/s1. The van der Waals surface area contributed by atoms with Gasteiger partial charge >= 0.3 is 12.1 Å². The third kappa shape index (κ3) is 3.47. The van der Waals surface area contributed by atoms with Gasteiger partial charge in [0.25, 0.3) is 5.69 Å². The van der Waals surface area contributed by atoms with Crippen LogP contribution in [0, 0.1) is 10.1 Å². The van der Waals surface area contributed by atoms with Crippen LogP contribution in [-0.4, -0.2) is 29.6 Å². The molecule has 1 aliphatic heterocycles. The van der Waals surface area contributed by atoms with Crippen LogP contribution in [0.15, 0.2) is 24.3 Å². The van der Waals surface area contributed by atoms with E-state index in [9.17, 15) is 19.7 Å². The number of nitrogens with zero attached hydrogens (tertiary/aromatic N) is 1. The van der Waals surface area contributed by atoms with Gasteiger partial charge in [0.05, 0.1) is 4.92 Å². The summed E-state index contributed by atoms with van der Waals surface area (Å²) >= 11 is 0. The van der Waals surface area contributed by atoms with E-state index < -0.39 is 23.2 Å². The number of hydrogen-bond acceptors (Lipinski definition) is 6. The number of nitro groups is 1. The summed E-state index contributed by atoms with van der Waals surface area (Å²) in [7, 11) is 0. The highest BCUT2D eigenvalue weighted by Gasteiger charge is 2.36. The number of hydrogen-bond donors (Lipinski definition) is 1. The van der Waals surface area contributed by atoms with Crippen LogP contribution in [0.4, 0.5) is 10.5 Å². The Kier molecular flexibility index (Phi) is 4.36. The Labute approximate surface area is 120 Å². The molecule has 0 saturated carbocycles. The first kappa shape index (κ1) is 14.8. The smallest absolute Gasteiger partial charge is 0.408 e. The summed E-state index contributed by atoms with van der Waals surface area (Å²) < 4.78 is 10.1. The maximum Gasteiger partial charge on any atom is 0.408 e. The van der Waals surface area contributed by atoms with Crippen molar-refractivity contribution in [2.75, 3.05) is 6.61 Å². The Morgan fingerprint density at radius 1 is 1.43 bits per heavy atom. The number of ether oxygens (including phenoxy) is 2. The van der Waals surface area contributed by atoms with Crippen LogP contribution in [0.1, 0.15) is 25.0 Å². The zero-order valence-electron chi connectivity index (χ0n) is 11.3. The first-order valence-electron chi connectivity index (χ1n) is 6.38. The first-order valence-corrected chi connectivity index (χ1v) is 6.38. The maximum atomic E-state index is 11.3. The number of rotatable bonds is 5. The maximum absolute atomic E-state index is 11.3. The molecule has 0 aliphatic carbocycles. The van der Waals surface area contributed by atoms with Gasteiger partial charge in [-0.25, -0.2) is 4.79 Å². The van der Waals surface area contributed by atoms with Crippen molar-refractivity contribution in [3.63, 3.8) is 0 Å². The number of nitrogens with one attached hydrogen (secondary N) is 1. The van der Waals surface area contributed by atoms with Gasteiger partial charge in [-0.2, -0.15) is 0 Å². The first-order chi connectivity index (χ1) is 10.0. The molecule has 2 atom stereocenters. The Bertz CT molecular complexity index is 556. The van der Waals surface area contributed by atoms with Crippen LogP contribution in [0.25, 0.3) is 0 Å². The number of amides is 1. The van der Waals surface area contributed by atoms with E-state index in [0.717, 1.165) is 0 Å². The Hall–Kier alpha value is -2.64. The highest BCUT2D eigenvalue weighted by Crippen LogP contribution is 2.28. The van der Waals surface area contributed by atoms with Crippen LogP contribution in [0.3, 0.4) is 0 Å². The lowest BCUT2D eigenvalue weighted by molar-refractivity contribution is -0.384. The van der Waals surface area contributed by atoms with E-state index in [4.69, 9.17) is 9.47 Å². The largest absolute Gasteiger partial charge is 0.463 e. The molecule has 1 fully saturated rings. The van der Waals surface area contributed by atoms with Crippen LogP contribution in [-0.2, 0) is 14.3 Å². The van der Waals surface area contributed by atoms with Gasteiger partial charge in [0.1, 0.15) is 12.6 Å². The predicted octanol–water partition coefficient (Wildman–Crippen LogP) is 1.70. The molecule has 1 aromatic carbocycles. The van der Waals surface area contributed by atoms with Crippen LogP contribution >= 0.6 is 0 Å². The fourth-order valence-corrected chi connectivity index (χ4v) is 1.96. The fraction of sp³-hybridized carbons (Fsp3) is 0.385. The molecule has 8 heteroatoms. The van der Waals surface area contributed by atoms with Crippen LogP contribution in [0.5, 0.6) is 0 Å². The lowest BCUT2D eigenvalue weighted by atomic mass is 10.0. The molecule has 1 aromatic rings. The minimum absolute atomic E-state index is 0.0138. The van der Waals surface area contributed by atoms with Gasteiger partial charge in [0.15, 0.2) is 6.10 Å². The molecule has 1 N–H and O–H groups in total. The average Bonchev–Trinajstić information content (AvgIpc) is 2.85. The number of alkyl carbamates (subject to hydrolysis) is 1. The zero-order chi connectivity index (χ0) is 15.4. The molecule has 0 unspecified atom stereocenters. The van der Waals surface area contributed by atoms with E-state index in [1.165, 1.54) is 24.3 Å². The molecule has 8 nitrogen and oxygen atoms in total. The molecule has 2 rings (SSSR count). The van der Waals surface area contributed by atoms with Gasteiger partial charge in [-0.3, -0.25) is 14.9 Å². The van der Waals surface area contributed by atoms with Crippen molar-refractivity contribution < 1.29 is 24.0 Å². The quantitative estimate of drug-likeness (QED) is 0.503. The average molecular weight is 294 g/mol. The highest BCUT2D eigenvalue weighted by atomic mass is 16.6. The number of nitro benzene ring substituents is 1. The zero-order valence-corrected chi connectivity index (χ0v) is 11.3. The minimum Gasteiger partial charge on any atom is -0.463 e. The molecule has 112 valence electrons. The van der Waals surface area contributed by atoms with Crippen molar-refractivity contribution >= 4 is 17.7 Å². The van der Waals surface area contributed by atoms with Crippen molar-refractivity contribution in [1.82, 2.24) is 5.32 Å². The van der Waals surface area contributed by atoms with E-state index in [1.807, 2.05) is 0 Å². The Morgan fingerprint density at radius 2 is 2.10 bits per heavy atom. The number of non-ortho nitro benzene ring substituents is 1. The molecule has 1 amide bonds. The van der Waals surface area contributed by atoms with E-state index in [2.05, 4.69) is 5.32 Å². The van der Waals surface area contributed by atoms with E-state index in [0.29, 0.717) is 5.56 Å². The summed E-state index contributed by atoms with van der Waals surface area (Å²) in [5.41, 5.74) is 0.543. The lowest BCUT2D eigenvalue weighted by Crippen LogP contribution is -2.33. The second-order valence-electron chi connectivity index (χ2n) is 4.46. The third-order valence-corrected chi connectivity index (χ3v) is 3.05. The number of esters is 1. The normalized spacial score (nSPS) is 20.5. The van der Waals surface area contributed by atoms with Gasteiger partial charge in [-0.1, -0.05) is 6.92 Å². The molecule has 0 bridgehead atoms. The topological polar surface area (TPSA) is 108 Å². The Morgan fingerprint density at radius 3 is 2.67 bits per heavy atom. The predicted molar refractivity (Wildman–Crippen MR) is 70.5 cm³/mol. The molecule has 0 spiro atoms. The summed E-state index contributed by atoms with van der Waals surface area (Å²) in [6, 6.07) is 5.16. The SMILES string of the molecule is CCC(=O)OC[C@H]1NC(=O)O[C@@H]1c1ccc([N+](=O)[O-])cc1. The number of cyclic esters (lactones) is 1. The molecule has 1 heterocycles. The van der Waals surface area contributed by atoms with Crippen molar-refractivity contribution in [3.05, 3.63) is 39.9 Å². The summed E-state index contributed by atoms with van der Waals surface area (Å²) in [5, 5.41) is 13.2. The van der Waals surface area contributed by atoms with E-state index in [1.54, 1.807) is 6.92 Å². The van der Waals surface area contributed by atoms with Crippen molar-refractivity contribution in [2.45, 2.75) is 25.5 Å². The lowest BCUT2D eigenvalue weighted by Gasteiger charge is -2.16. The van der Waals surface area contributed by atoms with E-state index >= 15 is 0 Å². The number of carbonyl (C=O) groups excluding carboxylic acids is 2. The second-order valence-corrected chi connectivity index (χ2v) is 4.46. The van der Waals surface area contributed by atoms with Gasteiger partial charge in [-0.05, 0) is 17.7 Å². The Balaban J connectivity index is 2.10. The third-order valence-electron chi connectivity index (χ3n) is 3.05. The molecule has 0 aromatic heterocycles. The van der Waals surface area contributed by atoms with Crippen LogP contribution in [0.2, 0.25) is 0 Å². The number of benzene rings is 1. The summed E-state index contributed by atoms with van der Waals surface area (Å²) in [6.45, 7) is 1.65. The highest BCUT2D eigenvalue weighted by molar-refractivity contribution is 5.71. The fourth-order valence-electron chi connectivity index (χ4n) is 1.96. The van der Waals surface area contributed by atoms with Gasteiger partial charge in [0, 0.05) is 18.6 Å². The summed E-state index contributed by atoms with van der Waals surface area (Å²) in [6.07, 6.45) is -1.03. The monoisotopic (exact) mass is 294 g/mol. The van der Waals surface area contributed by atoms with Crippen LogP contribution < -0.4 is 5.32 Å². The molecule has 21 heavy (non-hydrogen) atoms. The molecular weight excluding hydrogens is 280 g/mol. The van der Waals surface area contributed by atoms with Gasteiger partial charge < -0.3 is 14.8 Å². The summed E-state index contributed by atoms with van der Waals surface area (Å²) in [5.74, 6) is -0.376. The molecule has 0 radical (unpaired) electrons. The minimum atomic E-state index is -0.650. The molecular formula is C13H14N2O6. The molecule has 1 saturated heterocycles. The molecule has 1 aliphatic rings. The number of carbonyl (C=O) groups is 2. The van der Waals surface area contributed by atoms with Gasteiger partial charge in [0.2, 0.25) is 0 Å². The second kappa shape index (κ2) is 6.21. The van der Waals surface area contributed by atoms with E-state index in [-0.39, 0.29) is 24.7 Å². The van der Waals surface area contributed by atoms with Crippen molar-refractivity contribution in [1.29, 1.82) is 0 Å². The van der Waals surface area contributed by atoms with Gasteiger partial charge in [-0.15, -0.1) is 0 Å².